The van der Waals surface area contributed by atoms with Crippen molar-refractivity contribution in [2.24, 2.45) is 0 Å². The average molecular weight is 283 g/mol. The van der Waals surface area contributed by atoms with Gasteiger partial charge in [0.15, 0.2) is 0 Å². The van der Waals surface area contributed by atoms with Gasteiger partial charge in [-0.15, -0.1) is 0 Å². The molecular formula is C19H25NO. The van der Waals surface area contributed by atoms with E-state index in [0.717, 1.165) is 25.3 Å². The van der Waals surface area contributed by atoms with Gasteiger partial charge in [0.05, 0.1) is 0 Å². The first-order valence-corrected chi connectivity index (χ1v) is 7.76. The smallest absolute Gasteiger partial charge is 0.149 e. The predicted molar refractivity (Wildman–Crippen MR) is 88.7 cm³/mol. The number of hydrogen-bond donors (Lipinski definition) is 0. The Balaban J connectivity index is 1.96. The highest BCUT2D eigenvalue weighted by atomic mass is 16.5. The van der Waals surface area contributed by atoms with Crippen LogP contribution in [0, 0.1) is 0 Å². The lowest BCUT2D eigenvalue weighted by Crippen LogP contribution is -2.36. The van der Waals surface area contributed by atoms with E-state index in [-0.39, 0.29) is 6.23 Å². The van der Waals surface area contributed by atoms with Gasteiger partial charge in [-0.1, -0.05) is 56.3 Å². The van der Waals surface area contributed by atoms with Crippen molar-refractivity contribution in [3.05, 3.63) is 65.7 Å². The van der Waals surface area contributed by atoms with Gasteiger partial charge in [-0.3, -0.25) is 4.90 Å². The third-order valence-electron chi connectivity index (χ3n) is 3.81. The molecule has 0 aliphatic rings. The Morgan fingerprint density at radius 3 is 2.00 bits per heavy atom. The van der Waals surface area contributed by atoms with E-state index in [2.05, 4.69) is 80.3 Å². The minimum Gasteiger partial charge on any atom is -0.475 e. The summed E-state index contributed by atoms with van der Waals surface area (Å²) in [5.74, 6) is 0.936. The lowest BCUT2D eigenvalue weighted by molar-refractivity contribution is 0.0481. The van der Waals surface area contributed by atoms with Gasteiger partial charge in [0.2, 0.25) is 0 Å². The molecule has 112 valence electrons. The monoisotopic (exact) mass is 283 g/mol. The van der Waals surface area contributed by atoms with E-state index in [4.69, 9.17) is 4.74 Å². The van der Waals surface area contributed by atoms with Crippen molar-refractivity contribution in [3.63, 3.8) is 0 Å². The van der Waals surface area contributed by atoms with E-state index >= 15 is 0 Å². The third-order valence-corrected chi connectivity index (χ3v) is 3.81. The quantitative estimate of drug-likeness (QED) is 0.701. The SMILES string of the molecule is CCN(CC)C(C)Oc1ccc(Cc2ccccc2)cc1. The average Bonchev–Trinajstić information content (AvgIpc) is 2.51. The largest absolute Gasteiger partial charge is 0.475 e. The van der Waals surface area contributed by atoms with Crippen molar-refractivity contribution in [2.45, 2.75) is 33.4 Å². The van der Waals surface area contributed by atoms with Crippen LogP contribution >= 0.6 is 0 Å². The highest BCUT2D eigenvalue weighted by Crippen LogP contribution is 2.17. The van der Waals surface area contributed by atoms with Crippen LogP contribution < -0.4 is 4.74 Å². The van der Waals surface area contributed by atoms with E-state index in [9.17, 15) is 0 Å². The summed E-state index contributed by atoms with van der Waals surface area (Å²) >= 11 is 0. The predicted octanol–water partition coefficient (Wildman–Crippen LogP) is 4.34. The van der Waals surface area contributed by atoms with Crippen LogP contribution in [0.25, 0.3) is 0 Å². The molecule has 0 aliphatic heterocycles. The summed E-state index contributed by atoms with van der Waals surface area (Å²) in [5, 5.41) is 0. The highest BCUT2D eigenvalue weighted by molar-refractivity contribution is 5.31. The molecule has 2 heteroatoms. The number of benzene rings is 2. The molecule has 1 atom stereocenters. The summed E-state index contributed by atoms with van der Waals surface area (Å²) < 4.78 is 5.99. The fraction of sp³-hybridized carbons (Fsp3) is 0.368. The maximum Gasteiger partial charge on any atom is 0.149 e. The normalized spacial score (nSPS) is 12.4. The van der Waals surface area contributed by atoms with Gasteiger partial charge in [0.1, 0.15) is 12.0 Å². The van der Waals surface area contributed by atoms with Crippen molar-refractivity contribution >= 4 is 0 Å². The summed E-state index contributed by atoms with van der Waals surface area (Å²) in [5.41, 5.74) is 2.65. The van der Waals surface area contributed by atoms with E-state index in [1.54, 1.807) is 0 Å². The van der Waals surface area contributed by atoms with Crippen LogP contribution in [-0.2, 0) is 6.42 Å². The second-order valence-corrected chi connectivity index (χ2v) is 5.24. The molecule has 0 fully saturated rings. The van der Waals surface area contributed by atoms with Gasteiger partial charge >= 0.3 is 0 Å². The molecule has 0 saturated carbocycles. The Hall–Kier alpha value is -1.80. The summed E-state index contributed by atoms with van der Waals surface area (Å²) in [6.07, 6.45) is 1.08. The zero-order valence-electron chi connectivity index (χ0n) is 13.3. The summed E-state index contributed by atoms with van der Waals surface area (Å²) in [6.45, 7) is 8.43. The van der Waals surface area contributed by atoms with Crippen molar-refractivity contribution < 1.29 is 4.74 Å². The molecule has 0 amide bonds. The summed E-state index contributed by atoms with van der Waals surface area (Å²) in [4.78, 5) is 2.29. The fourth-order valence-corrected chi connectivity index (χ4v) is 2.53. The van der Waals surface area contributed by atoms with Gasteiger partial charge < -0.3 is 4.74 Å². The Morgan fingerprint density at radius 1 is 0.857 bits per heavy atom. The Kier molecular flexibility index (Phi) is 5.82. The van der Waals surface area contributed by atoms with Crippen molar-refractivity contribution in [1.29, 1.82) is 0 Å². The first-order chi connectivity index (χ1) is 10.2. The molecule has 21 heavy (non-hydrogen) atoms. The maximum absolute atomic E-state index is 5.99. The van der Waals surface area contributed by atoms with Gasteiger partial charge in [-0.2, -0.15) is 0 Å². The van der Waals surface area contributed by atoms with E-state index < -0.39 is 0 Å². The molecular weight excluding hydrogens is 258 g/mol. The lowest BCUT2D eigenvalue weighted by Gasteiger charge is -2.26. The minimum absolute atomic E-state index is 0.111. The Bertz CT molecular complexity index is 517. The van der Waals surface area contributed by atoms with Gasteiger partial charge in [-0.25, -0.2) is 0 Å². The zero-order valence-corrected chi connectivity index (χ0v) is 13.3. The second kappa shape index (κ2) is 7.84. The fourth-order valence-electron chi connectivity index (χ4n) is 2.53. The molecule has 0 heterocycles. The maximum atomic E-state index is 5.99. The summed E-state index contributed by atoms with van der Waals surface area (Å²) in [6, 6.07) is 19.0. The number of rotatable bonds is 7. The highest BCUT2D eigenvalue weighted by Gasteiger charge is 2.11. The van der Waals surface area contributed by atoms with Crippen LogP contribution in [-0.4, -0.2) is 24.2 Å². The molecule has 2 nitrogen and oxygen atoms in total. The number of ether oxygens (including phenoxy) is 1. The van der Waals surface area contributed by atoms with Crippen molar-refractivity contribution in [1.82, 2.24) is 4.90 Å². The lowest BCUT2D eigenvalue weighted by atomic mass is 10.1. The van der Waals surface area contributed by atoms with Crippen LogP contribution in [0.3, 0.4) is 0 Å². The molecule has 0 N–H and O–H groups in total. The zero-order chi connectivity index (χ0) is 15.1. The van der Waals surface area contributed by atoms with E-state index in [0.29, 0.717) is 0 Å². The Labute approximate surface area is 128 Å². The van der Waals surface area contributed by atoms with E-state index in [1.807, 2.05) is 0 Å². The Morgan fingerprint density at radius 2 is 1.43 bits per heavy atom. The van der Waals surface area contributed by atoms with Gasteiger partial charge in [-0.05, 0) is 49.7 Å². The van der Waals surface area contributed by atoms with Crippen LogP contribution in [0.2, 0.25) is 0 Å². The first kappa shape index (κ1) is 15.6. The van der Waals surface area contributed by atoms with Crippen LogP contribution in [0.4, 0.5) is 0 Å². The number of hydrogen-bond acceptors (Lipinski definition) is 2. The molecule has 0 aromatic heterocycles. The first-order valence-electron chi connectivity index (χ1n) is 7.76. The standard InChI is InChI=1S/C19H25NO/c1-4-20(5-2)16(3)21-19-13-11-18(12-14-19)15-17-9-7-6-8-10-17/h6-14,16H,4-5,15H2,1-3H3. The van der Waals surface area contributed by atoms with E-state index in [1.165, 1.54) is 11.1 Å². The minimum atomic E-state index is 0.111. The molecule has 0 aliphatic carbocycles. The molecule has 0 saturated heterocycles. The van der Waals surface area contributed by atoms with Gasteiger partial charge in [0.25, 0.3) is 0 Å². The molecule has 0 radical (unpaired) electrons. The molecule has 2 aromatic carbocycles. The topological polar surface area (TPSA) is 12.5 Å². The van der Waals surface area contributed by atoms with Crippen LogP contribution in [0.15, 0.2) is 54.6 Å². The van der Waals surface area contributed by atoms with Crippen LogP contribution in [0.5, 0.6) is 5.75 Å². The van der Waals surface area contributed by atoms with Crippen molar-refractivity contribution in [2.75, 3.05) is 13.1 Å². The van der Waals surface area contributed by atoms with Gasteiger partial charge in [0, 0.05) is 0 Å². The molecule has 1 unspecified atom stereocenters. The molecule has 2 rings (SSSR count). The second-order valence-electron chi connectivity index (χ2n) is 5.24. The summed E-state index contributed by atoms with van der Waals surface area (Å²) in [7, 11) is 0. The third kappa shape index (κ3) is 4.61. The number of nitrogens with zero attached hydrogens (tertiary/aromatic N) is 1. The molecule has 2 aromatic rings. The molecule has 0 spiro atoms. The molecule has 0 bridgehead atoms. The van der Waals surface area contributed by atoms with Crippen LogP contribution in [0.1, 0.15) is 31.9 Å². The van der Waals surface area contributed by atoms with Crippen molar-refractivity contribution in [3.8, 4) is 5.75 Å².